The van der Waals surface area contributed by atoms with E-state index >= 15 is 0 Å². The van der Waals surface area contributed by atoms with Crippen LogP contribution in [0.3, 0.4) is 0 Å². The Kier molecular flexibility index (Phi) is 3.51. The lowest BCUT2D eigenvalue weighted by atomic mass is 9.92. The third kappa shape index (κ3) is 2.20. The number of hydrogen-bond acceptors (Lipinski definition) is 1. The summed E-state index contributed by atoms with van der Waals surface area (Å²) in [6, 6.07) is 13.1. The number of rotatable bonds is 3. The maximum absolute atomic E-state index is 9.37. The molecule has 1 nitrogen and oxygen atoms in total. The van der Waals surface area contributed by atoms with Gasteiger partial charge in [-0.15, -0.1) is 0 Å². The summed E-state index contributed by atoms with van der Waals surface area (Å²) in [5.74, 6) is 0. The lowest BCUT2D eigenvalue weighted by molar-refractivity contribution is 0.300. The monoisotopic (exact) mass is 300 g/mol. The Balaban J connectivity index is 2.10. The van der Waals surface area contributed by atoms with Crippen molar-refractivity contribution in [3.63, 3.8) is 0 Å². The topological polar surface area (TPSA) is 20.2 Å². The summed E-state index contributed by atoms with van der Waals surface area (Å²) in [5.41, 5.74) is 5.31. The first kappa shape index (κ1) is 14.2. The van der Waals surface area contributed by atoms with E-state index in [4.69, 9.17) is 0 Å². The minimum absolute atomic E-state index is 0.202. The van der Waals surface area contributed by atoms with Gasteiger partial charge in [-0.1, -0.05) is 54.6 Å². The van der Waals surface area contributed by atoms with Gasteiger partial charge in [0.2, 0.25) is 0 Å². The van der Waals surface area contributed by atoms with E-state index in [1.165, 1.54) is 43.1 Å². The first-order chi connectivity index (χ1) is 11.3. The van der Waals surface area contributed by atoms with E-state index in [0.717, 1.165) is 12.8 Å². The summed E-state index contributed by atoms with van der Waals surface area (Å²) >= 11 is 0. The molecule has 0 heterocycles. The Morgan fingerprint density at radius 3 is 2.78 bits per heavy atom. The van der Waals surface area contributed by atoms with Crippen molar-refractivity contribution in [2.75, 3.05) is 6.61 Å². The highest BCUT2D eigenvalue weighted by atomic mass is 16.2. The normalized spacial score (nSPS) is 15.8. The molecule has 2 aromatic rings. The highest BCUT2D eigenvalue weighted by Crippen LogP contribution is 2.32. The maximum Gasteiger partial charge on any atom is 0.0471 e. The maximum atomic E-state index is 9.37. The van der Waals surface area contributed by atoms with Crippen LogP contribution in [0, 0.1) is 10.4 Å². The molecular formula is C22H20O. The van der Waals surface area contributed by atoms with Gasteiger partial charge in [-0.2, -0.15) is 0 Å². The largest absolute Gasteiger partial charge is 0.396 e. The zero-order valence-electron chi connectivity index (χ0n) is 13.3. The fourth-order valence-corrected chi connectivity index (χ4v) is 3.79. The molecule has 0 radical (unpaired) electrons. The van der Waals surface area contributed by atoms with Gasteiger partial charge in [-0.3, -0.25) is 0 Å². The van der Waals surface area contributed by atoms with Crippen molar-refractivity contribution >= 4 is 17.7 Å². The van der Waals surface area contributed by atoms with E-state index in [9.17, 15) is 5.11 Å². The van der Waals surface area contributed by atoms with Gasteiger partial charge in [-0.25, -0.2) is 0 Å². The molecule has 1 N–H and O–H groups in total. The van der Waals surface area contributed by atoms with E-state index in [-0.39, 0.29) is 6.61 Å². The predicted octanol–water partition coefficient (Wildman–Crippen LogP) is 3.01. The molecule has 0 atom stereocenters. The van der Waals surface area contributed by atoms with Gasteiger partial charge in [0.1, 0.15) is 0 Å². The second-order valence-corrected chi connectivity index (χ2v) is 6.10. The van der Waals surface area contributed by atoms with Crippen LogP contribution in [0.1, 0.15) is 30.9 Å². The van der Waals surface area contributed by atoms with Gasteiger partial charge >= 0.3 is 0 Å². The number of allylic oxidation sites excluding steroid dienone is 3. The molecule has 0 unspecified atom stereocenters. The SMILES string of the molecule is CC=c1ccc2c(c1C1=C(CCO)C=CC1)C=c1ccccc1=2. The van der Waals surface area contributed by atoms with Gasteiger partial charge in [0, 0.05) is 6.61 Å². The van der Waals surface area contributed by atoms with E-state index in [1.54, 1.807) is 0 Å². The van der Waals surface area contributed by atoms with Crippen LogP contribution in [-0.2, 0) is 0 Å². The van der Waals surface area contributed by atoms with Crippen LogP contribution in [0.15, 0.2) is 54.1 Å². The molecule has 4 rings (SSSR count). The van der Waals surface area contributed by atoms with E-state index in [2.05, 4.69) is 67.6 Å². The lowest BCUT2D eigenvalue weighted by Crippen LogP contribution is -2.11. The minimum atomic E-state index is 0.202. The van der Waals surface area contributed by atoms with Crippen LogP contribution >= 0.6 is 0 Å². The number of aliphatic hydroxyl groups excluding tert-OH is 1. The molecule has 0 spiro atoms. The molecule has 2 aliphatic rings. The molecule has 0 saturated carbocycles. The first-order valence-corrected chi connectivity index (χ1v) is 8.24. The molecule has 0 bridgehead atoms. The number of benzene rings is 2. The second-order valence-electron chi connectivity index (χ2n) is 6.10. The highest BCUT2D eigenvalue weighted by molar-refractivity contribution is 5.82. The number of fused-ring (bicyclic) bond motifs is 2. The fraction of sp³-hybridized carbons (Fsp3) is 0.182. The van der Waals surface area contributed by atoms with Gasteiger partial charge < -0.3 is 5.11 Å². The van der Waals surface area contributed by atoms with Crippen LogP contribution < -0.4 is 10.4 Å². The average molecular weight is 300 g/mol. The Bertz CT molecular complexity index is 1050. The van der Waals surface area contributed by atoms with Crippen LogP contribution in [-0.4, -0.2) is 11.7 Å². The Hall–Kier alpha value is -2.38. The van der Waals surface area contributed by atoms with Crippen LogP contribution in [0.25, 0.3) is 17.7 Å². The van der Waals surface area contributed by atoms with Crippen molar-refractivity contribution in [3.8, 4) is 0 Å². The van der Waals surface area contributed by atoms with Crippen LogP contribution in [0.5, 0.6) is 0 Å². The van der Waals surface area contributed by atoms with Crippen molar-refractivity contribution in [2.24, 2.45) is 0 Å². The van der Waals surface area contributed by atoms with Crippen molar-refractivity contribution in [2.45, 2.75) is 19.8 Å². The van der Waals surface area contributed by atoms with Crippen molar-refractivity contribution in [1.82, 2.24) is 0 Å². The molecule has 23 heavy (non-hydrogen) atoms. The zero-order valence-corrected chi connectivity index (χ0v) is 13.3. The molecule has 0 amide bonds. The van der Waals surface area contributed by atoms with Gasteiger partial charge in [0.15, 0.2) is 0 Å². The minimum Gasteiger partial charge on any atom is -0.396 e. The average Bonchev–Trinajstić information content (AvgIpc) is 3.18. The molecule has 1 heteroatoms. The third-order valence-electron chi connectivity index (χ3n) is 4.85. The van der Waals surface area contributed by atoms with Crippen LogP contribution in [0.2, 0.25) is 0 Å². The first-order valence-electron chi connectivity index (χ1n) is 8.24. The zero-order chi connectivity index (χ0) is 15.8. The summed E-state index contributed by atoms with van der Waals surface area (Å²) in [7, 11) is 0. The van der Waals surface area contributed by atoms with Gasteiger partial charge in [0.25, 0.3) is 0 Å². The summed E-state index contributed by atoms with van der Waals surface area (Å²) in [6.07, 6.45) is 10.6. The predicted molar refractivity (Wildman–Crippen MR) is 95.9 cm³/mol. The third-order valence-corrected chi connectivity index (χ3v) is 4.85. The second kappa shape index (κ2) is 5.68. The standard InChI is InChI=1S/C22H20O/c1-2-15-10-11-20-18-8-4-3-6-17(18)14-21(20)22(15)19-9-5-7-16(19)12-13-23/h2-8,10-11,14,23H,9,12-13H2,1H3. The summed E-state index contributed by atoms with van der Waals surface area (Å²) in [5, 5.41) is 14.6. The van der Waals surface area contributed by atoms with Crippen molar-refractivity contribution < 1.29 is 5.11 Å². The van der Waals surface area contributed by atoms with E-state index < -0.39 is 0 Å². The molecule has 0 fully saturated rings. The van der Waals surface area contributed by atoms with Gasteiger partial charge in [0.05, 0.1) is 0 Å². The van der Waals surface area contributed by atoms with Crippen LogP contribution in [0.4, 0.5) is 0 Å². The molecule has 2 aliphatic carbocycles. The fourth-order valence-electron chi connectivity index (χ4n) is 3.79. The molecule has 0 aliphatic heterocycles. The summed E-state index contributed by atoms with van der Waals surface area (Å²) < 4.78 is 0. The lowest BCUT2D eigenvalue weighted by Gasteiger charge is -2.12. The molecule has 114 valence electrons. The molecule has 0 aromatic heterocycles. The molecular weight excluding hydrogens is 280 g/mol. The molecule has 2 aromatic carbocycles. The van der Waals surface area contributed by atoms with Crippen molar-refractivity contribution in [1.29, 1.82) is 0 Å². The smallest absolute Gasteiger partial charge is 0.0471 e. The Labute approximate surface area is 135 Å². The number of hydrogen-bond donors (Lipinski definition) is 1. The molecule has 0 saturated heterocycles. The van der Waals surface area contributed by atoms with E-state index in [1.807, 2.05) is 0 Å². The Morgan fingerprint density at radius 1 is 1.09 bits per heavy atom. The summed E-state index contributed by atoms with van der Waals surface area (Å²) in [4.78, 5) is 0. The number of aliphatic hydroxyl groups is 1. The Morgan fingerprint density at radius 2 is 1.96 bits per heavy atom. The van der Waals surface area contributed by atoms with Gasteiger partial charge in [-0.05, 0) is 69.0 Å². The highest BCUT2D eigenvalue weighted by Gasteiger charge is 2.17. The quantitative estimate of drug-likeness (QED) is 0.788. The van der Waals surface area contributed by atoms with E-state index in [0.29, 0.717) is 0 Å². The summed E-state index contributed by atoms with van der Waals surface area (Å²) in [6.45, 7) is 2.30. The van der Waals surface area contributed by atoms with Crippen molar-refractivity contribution in [3.05, 3.63) is 86.1 Å².